The van der Waals surface area contributed by atoms with E-state index in [0.29, 0.717) is 32.7 Å². The first-order chi connectivity index (χ1) is 8.69. The number of amides is 2. The maximum absolute atomic E-state index is 11.8. The van der Waals surface area contributed by atoms with Gasteiger partial charge in [-0.1, -0.05) is 6.08 Å². The summed E-state index contributed by atoms with van der Waals surface area (Å²) < 4.78 is 0. The van der Waals surface area contributed by atoms with Crippen LogP contribution in [-0.2, 0) is 9.59 Å². The Labute approximate surface area is 109 Å². The van der Waals surface area contributed by atoms with Crippen molar-refractivity contribution < 1.29 is 9.59 Å². The van der Waals surface area contributed by atoms with Crippen molar-refractivity contribution >= 4 is 11.8 Å². The number of carbonyl (C=O) groups is 2. The summed E-state index contributed by atoms with van der Waals surface area (Å²) in [7, 11) is 0. The quantitative estimate of drug-likeness (QED) is 0.523. The van der Waals surface area contributed by atoms with E-state index in [2.05, 4.69) is 17.2 Å². The first kappa shape index (κ1) is 14.7. The Morgan fingerprint density at radius 2 is 2.06 bits per heavy atom. The molecule has 102 valence electrons. The molecule has 0 atom stereocenters. The Bertz CT molecular complexity index is 297. The standard InChI is InChI=1S/C13H23N3O2/c1-3-7-14-10-12(17)16-8-5-11(6-9-16)13(18)15-4-2/h3,11,14H,1,4-10H2,2H3,(H,15,18). The lowest BCUT2D eigenvalue weighted by Crippen LogP contribution is -2.45. The van der Waals surface area contributed by atoms with E-state index in [-0.39, 0.29) is 17.7 Å². The molecule has 5 nitrogen and oxygen atoms in total. The third kappa shape index (κ3) is 4.49. The Balaban J connectivity index is 2.28. The highest BCUT2D eigenvalue weighted by Crippen LogP contribution is 2.17. The van der Waals surface area contributed by atoms with Crippen LogP contribution >= 0.6 is 0 Å². The Kier molecular flexibility index (Phi) is 6.43. The van der Waals surface area contributed by atoms with Crippen molar-refractivity contribution in [2.75, 3.05) is 32.7 Å². The minimum atomic E-state index is 0.0649. The number of nitrogens with one attached hydrogen (secondary N) is 2. The Morgan fingerprint density at radius 3 is 2.61 bits per heavy atom. The molecule has 1 saturated heterocycles. The van der Waals surface area contributed by atoms with Gasteiger partial charge in [0.1, 0.15) is 0 Å². The lowest BCUT2D eigenvalue weighted by atomic mass is 9.96. The summed E-state index contributed by atoms with van der Waals surface area (Å²) in [5.41, 5.74) is 0. The van der Waals surface area contributed by atoms with Crippen molar-refractivity contribution in [3.05, 3.63) is 12.7 Å². The molecule has 0 spiro atoms. The molecule has 0 radical (unpaired) electrons. The zero-order chi connectivity index (χ0) is 13.4. The second-order valence-electron chi connectivity index (χ2n) is 4.47. The molecule has 0 aromatic heterocycles. The third-order valence-electron chi connectivity index (χ3n) is 3.13. The fourth-order valence-corrected chi connectivity index (χ4v) is 2.10. The van der Waals surface area contributed by atoms with Crippen molar-refractivity contribution in [1.82, 2.24) is 15.5 Å². The van der Waals surface area contributed by atoms with E-state index in [0.717, 1.165) is 12.8 Å². The molecule has 0 aromatic rings. The maximum Gasteiger partial charge on any atom is 0.236 e. The number of hydrogen-bond donors (Lipinski definition) is 2. The van der Waals surface area contributed by atoms with Gasteiger partial charge in [0, 0.05) is 32.1 Å². The molecule has 18 heavy (non-hydrogen) atoms. The van der Waals surface area contributed by atoms with Gasteiger partial charge >= 0.3 is 0 Å². The maximum atomic E-state index is 11.8. The summed E-state index contributed by atoms with van der Waals surface area (Å²) in [6.07, 6.45) is 3.26. The fraction of sp³-hybridized carbons (Fsp3) is 0.692. The first-order valence-corrected chi connectivity index (χ1v) is 6.56. The molecule has 2 amide bonds. The largest absolute Gasteiger partial charge is 0.356 e. The van der Waals surface area contributed by atoms with E-state index in [9.17, 15) is 9.59 Å². The topological polar surface area (TPSA) is 61.4 Å². The molecule has 1 heterocycles. The number of likely N-dealkylation sites (tertiary alicyclic amines) is 1. The second-order valence-corrected chi connectivity index (χ2v) is 4.47. The zero-order valence-electron chi connectivity index (χ0n) is 11.1. The van der Waals surface area contributed by atoms with Crippen LogP contribution in [0, 0.1) is 5.92 Å². The van der Waals surface area contributed by atoms with Gasteiger partial charge in [-0.15, -0.1) is 6.58 Å². The number of piperidine rings is 1. The highest BCUT2D eigenvalue weighted by atomic mass is 16.2. The minimum Gasteiger partial charge on any atom is -0.356 e. The SMILES string of the molecule is C=CCNCC(=O)N1CCC(C(=O)NCC)CC1. The molecule has 1 aliphatic rings. The molecule has 2 N–H and O–H groups in total. The van der Waals surface area contributed by atoms with Crippen molar-refractivity contribution in [3.63, 3.8) is 0 Å². The van der Waals surface area contributed by atoms with Gasteiger partial charge < -0.3 is 15.5 Å². The molecular weight excluding hydrogens is 230 g/mol. The predicted octanol–water partition coefficient (Wildman–Crippen LogP) is 0.137. The molecule has 1 aliphatic heterocycles. The van der Waals surface area contributed by atoms with E-state index >= 15 is 0 Å². The van der Waals surface area contributed by atoms with Gasteiger partial charge in [-0.3, -0.25) is 9.59 Å². The summed E-state index contributed by atoms with van der Waals surface area (Å²) in [6, 6.07) is 0. The van der Waals surface area contributed by atoms with Crippen molar-refractivity contribution in [2.45, 2.75) is 19.8 Å². The summed E-state index contributed by atoms with van der Waals surface area (Å²) in [6.45, 7) is 8.51. The van der Waals surface area contributed by atoms with Gasteiger partial charge in [-0.05, 0) is 19.8 Å². The van der Waals surface area contributed by atoms with Crippen LogP contribution in [0.4, 0.5) is 0 Å². The summed E-state index contributed by atoms with van der Waals surface area (Å²) >= 11 is 0. The molecule has 1 rings (SSSR count). The normalized spacial score (nSPS) is 16.4. The van der Waals surface area contributed by atoms with Crippen molar-refractivity contribution in [3.8, 4) is 0 Å². The average Bonchev–Trinajstić information content (AvgIpc) is 2.39. The van der Waals surface area contributed by atoms with Crippen molar-refractivity contribution in [1.29, 1.82) is 0 Å². The molecule has 0 saturated carbocycles. The van der Waals surface area contributed by atoms with E-state index in [1.165, 1.54) is 0 Å². The predicted molar refractivity (Wildman–Crippen MR) is 71.1 cm³/mol. The number of carbonyl (C=O) groups excluding carboxylic acids is 2. The smallest absolute Gasteiger partial charge is 0.236 e. The van der Waals surface area contributed by atoms with Crippen molar-refractivity contribution in [2.24, 2.45) is 5.92 Å². The van der Waals surface area contributed by atoms with E-state index in [1.807, 2.05) is 11.8 Å². The molecule has 1 fully saturated rings. The van der Waals surface area contributed by atoms with Crippen LogP contribution in [0.15, 0.2) is 12.7 Å². The molecule has 0 unspecified atom stereocenters. The second kappa shape index (κ2) is 7.87. The van der Waals surface area contributed by atoms with Gasteiger partial charge in [0.15, 0.2) is 0 Å². The summed E-state index contributed by atoms with van der Waals surface area (Å²) in [4.78, 5) is 25.3. The van der Waals surface area contributed by atoms with Crippen LogP contribution in [0.1, 0.15) is 19.8 Å². The lowest BCUT2D eigenvalue weighted by Gasteiger charge is -2.31. The van der Waals surface area contributed by atoms with E-state index < -0.39 is 0 Å². The van der Waals surface area contributed by atoms with Gasteiger partial charge in [-0.2, -0.15) is 0 Å². The fourth-order valence-electron chi connectivity index (χ4n) is 2.10. The van der Waals surface area contributed by atoms with Gasteiger partial charge in [0.25, 0.3) is 0 Å². The van der Waals surface area contributed by atoms with Crippen LogP contribution in [0.3, 0.4) is 0 Å². The monoisotopic (exact) mass is 253 g/mol. The highest BCUT2D eigenvalue weighted by Gasteiger charge is 2.26. The third-order valence-corrected chi connectivity index (χ3v) is 3.13. The van der Waals surface area contributed by atoms with Crippen LogP contribution in [0.5, 0.6) is 0 Å². The Morgan fingerprint density at radius 1 is 1.39 bits per heavy atom. The van der Waals surface area contributed by atoms with E-state index in [1.54, 1.807) is 6.08 Å². The number of hydrogen-bond acceptors (Lipinski definition) is 3. The van der Waals surface area contributed by atoms with Crippen LogP contribution in [0.2, 0.25) is 0 Å². The summed E-state index contributed by atoms with van der Waals surface area (Å²) in [5.74, 6) is 0.288. The van der Waals surface area contributed by atoms with Crippen LogP contribution in [0.25, 0.3) is 0 Å². The molecule has 0 bridgehead atoms. The highest BCUT2D eigenvalue weighted by molar-refractivity contribution is 5.80. The van der Waals surface area contributed by atoms with Crippen LogP contribution < -0.4 is 10.6 Å². The molecule has 0 aromatic carbocycles. The molecule has 0 aliphatic carbocycles. The van der Waals surface area contributed by atoms with Gasteiger partial charge in [0.05, 0.1) is 6.54 Å². The van der Waals surface area contributed by atoms with Crippen LogP contribution in [-0.4, -0.2) is 49.4 Å². The Hall–Kier alpha value is -1.36. The average molecular weight is 253 g/mol. The minimum absolute atomic E-state index is 0.0649. The zero-order valence-corrected chi connectivity index (χ0v) is 11.1. The van der Waals surface area contributed by atoms with Gasteiger partial charge in [-0.25, -0.2) is 0 Å². The molecule has 5 heteroatoms. The van der Waals surface area contributed by atoms with E-state index in [4.69, 9.17) is 0 Å². The number of nitrogens with zero attached hydrogens (tertiary/aromatic N) is 1. The summed E-state index contributed by atoms with van der Waals surface area (Å²) in [5, 5.41) is 5.83. The van der Waals surface area contributed by atoms with Gasteiger partial charge in [0.2, 0.25) is 11.8 Å². The first-order valence-electron chi connectivity index (χ1n) is 6.56. The lowest BCUT2D eigenvalue weighted by molar-refractivity contribution is -0.134. The molecular formula is C13H23N3O2. The number of rotatable bonds is 6.